The molecule has 1 aromatic rings. The largest absolute Gasteiger partial charge is 0.358 e. The Morgan fingerprint density at radius 1 is 1.79 bits per heavy atom. The summed E-state index contributed by atoms with van der Waals surface area (Å²) in [5.41, 5.74) is 0. The fourth-order valence-electron chi connectivity index (χ4n) is 0.676. The van der Waals surface area contributed by atoms with Crippen molar-refractivity contribution < 1.29 is 9.72 Å². The van der Waals surface area contributed by atoms with Crippen molar-refractivity contribution in [1.29, 1.82) is 0 Å². The molecule has 0 aliphatic rings. The van der Waals surface area contributed by atoms with Gasteiger partial charge in [-0.3, -0.25) is 14.9 Å². The molecule has 0 fully saturated rings. The zero-order valence-corrected chi connectivity index (χ0v) is 8.13. The molecule has 8 heteroatoms. The van der Waals surface area contributed by atoms with E-state index in [-0.39, 0.29) is 17.5 Å². The summed E-state index contributed by atoms with van der Waals surface area (Å²) in [6.45, 7) is 0.0567. The first kappa shape index (κ1) is 10.4. The Balaban J connectivity index is 2.52. The highest BCUT2D eigenvalue weighted by Crippen LogP contribution is 2.24. The molecule has 1 amide bonds. The first-order valence-electron chi connectivity index (χ1n) is 3.68. The van der Waals surface area contributed by atoms with Crippen LogP contribution in [0.3, 0.4) is 0 Å². The van der Waals surface area contributed by atoms with Crippen LogP contribution in [0, 0.1) is 10.1 Å². The summed E-state index contributed by atoms with van der Waals surface area (Å²) in [4.78, 5) is 24.3. The minimum atomic E-state index is -0.525. The van der Waals surface area contributed by atoms with Gasteiger partial charge < -0.3 is 10.6 Å². The predicted octanol–water partition coefficient (Wildman–Crippen LogP) is 0.209. The van der Waals surface area contributed by atoms with Gasteiger partial charge in [0, 0.05) is 7.05 Å². The number of hydrogen-bond acceptors (Lipinski definition) is 6. The molecule has 0 radical (unpaired) electrons. The average molecular weight is 216 g/mol. The highest BCUT2D eigenvalue weighted by atomic mass is 32.1. The van der Waals surface area contributed by atoms with E-state index >= 15 is 0 Å². The first-order valence-corrected chi connectivity index (χ1v) is 4.50. The van der Waals surface area contributed by atoms with Gasteiger partial charge in [-0.1, -0.05) is 0 Å². The Bertz CT molecular complexity index is 351. The van der Waals surface area contributed by atoms with Crippen molar-refractivity contribution in [2.75, 3.05) is 18.9 Å². The molecular weight excluding hydrogens is 208 g/mol. The molecule has 0 aliphatic carbocycles. The molecule has 14 heavy (non-hydrogen) atoms. The van der Waals surface area contributed by atoms with Crippen LogP contribution in [0.15, 0.2) is 6.20 Å². The number of carbonyl (C=O) groups excluding carboxylic acids is 1. The van der Waals surface area contributed by atoms with Gasteiger partial charge in [0.05, 0.1) is 11.5 Å². The molecule has 0 saturated carbocycles. The molecule has 0 spiro atoms. The number of hydrogen-bond donors (Lipinski definition) is 2. The number of likely N-dealkylation sites (N-methyl/N-ethyl adjacent to an activating group) is 1. The molecule has 0 saturated heterocycles. The summed E-state index contributed by atoms with van der Waals surface area (Å²) in [6.07, 6.45) is 1.15. The Morgan fingerprint density at radius 2 is 2.50 bits per heavy atom. The molecule has 2 N–H and O–H groups in total. The summed E-state index contributed by atoms with van der Waals surface area (Å²) in [5.74, 6) is -0.206. The summed E-state index contributed by atoms with van der Waals surface area (Å²) in [6, 6.07) is 0. The Labute approximate surface area is 83.3 Å². The Morgan fingerprint density at radius 3 is 3.00 bits per heavy atom. The number of nitro groups is 1. The van der Waals surface area contributed by atoms with Crippen molar-refractivity contribution in [2.24, 2.45) is 0 Å². The van der Waals surface area contributed by atoms with Gasteiger partial charge in [-0.05, 0) is 11.3 Å². The Hall–Kier alpha value is -1.70. The van der Waals surface area contributed by atoms with E-state index in [1.165, 1.54) is 7.05 Å². The molecule has 0 aliphatic heterocycles. The molecule has 0 bridgehead atoms. The SMILES string of the molecule is CNC(=O)CNc1ncc([N+](=O)[O-])s1. The second-order valence-electron chi connectivity index (χ2n) is 2.29. The van der Waals surface area contributed by atoms with Crippen LogP contribution in [0.5, 0.6) is 0 Å². The van der Waals surface area contributed by atoms with Crippen LogP contribution < -0.4 is 10.6 Å². The summed E-state index contributed by atoms with van der Waals surface area (Å²) < 4.78 is 0. The number of aromatic nitrogens is 1. The minimum absolute atomic E-state index is 0.0515. The van der Waals surface area contributed by atoms with Gasteiger partial charge in [0.2, 0.25) is 5.91 Å². The maximum absolute atomic E-state index is 10.8. The summed E-state index contributed by atoms with van der Waals surface area (Å²) >= 11 is 0.892. The van der Waals surface area contributed by atoms with Gasteiger partial charge in [0.15, 0.2) is 5.13 Å². The number of rotatable bonds is 4. The van der Waals surface area contributed by atoms with Gasteiger partial charge >= 0.3 is 5.00 Å². The maximum atomic E-state index is 10.8. The molecule has 0 unspecified atom stereocenters. The van der Waals surface area contributed by atoms with Crippen molar-refractivity contribution in [3.05, 3.63) is 16.3 Å². The zero-order chi connectivity index (χ0) is 10.6. The molecule has 76 valence electrons. The van der Waals surface area contributed by atoms with Crippen LogP contribution in [0.25, 0.3) is 0 Å². The highest BCUT2D eigenvalue weighted by molar-refractivity contribution is 7.18. The van der Waals surface area contributed by atoms with Crippen LogP contribution in [0.4, 0.5) is 10.1 Å². The normalized spacial score (nSPS) is 9.50. The minimum Gasteiger partial charge on any atom is -0.358 e. The lowest BCUT2D eigenvalue weighted by atomic mass is 10.6. The third-order valence-corrected chi connectivity index (χ3v) is 2.26. The molecular formula is C6H8N4O3S. The van der Waals surface area contributed by atoms with Crippen molar-refractivity contribution in [3.63, 3.8) is 0 Å². The Kier molecular flexibility index (Phi) is 3.35. The van der Waals surface area contributed by atoms with E-state index in [9.17, 15) is 14.9 Å². The number of anilines is 1. The van der Waals surface area contributed by atoms with Crippen LogP contribution in [0.1, 0.15) is 0 Å². The topological polar surface area (TPSA) is 97.2 Å². The zero-order valence-electron chi connectivity index (χ0n) is 7.31. The van der Waals surface area contributed by atoms with Crippen LogP contribution in [0.2, 0.25) is 0 Å². The van der Waals surface area contributed by atoms with E-state index in [2.05, 4.69) is 15.6 Å². The smallest absolute Gasteiger partial charge is 0.345 e. The number of amides is 1. The molecule has 1 heterocycles. The average Bonchev–Trinajstić information content (AvgIpc) is 2.62. The van der Waals surface area contributed by atoms with Crippen LogP contribution in [-0.2, 0) is 4.79 Å². The fraction of sp³-hybridized carbons (Fsp3) is 0.333. The van der Waals surface area contributed by atoms with Crippen molar-refractivity contribution >= 4 is 27.4 Å². The molecule has 0 atom stereocenters. The van der Waals surface area contributed by atoms with E-state index in [1.807, 2.05) is 0 Å². The van der Waals surface area contributed by atoms with E-state index in [0.29, 0.717) is 5.13 Å². The van der Waals surface area contributed by atoms with Crippen LogP contribution in [-0.4, -0.2) is 29.4 Å². The number of nitrogens with zero attached hydrogens (tertiary/aromatic N) is 2. The van der Waals surface area contributed by atoms with E-state index < -0.39 is 4.92 Å². The molecule has 1 rings (SSSR count). The second-order valence-corrected chi connectivity index (χ2v) is 3.30. The number of nitrogens with one attached hydrogen (secondary N) is 2. The van der Waals surface area contributed by atoms with E-state index in [4.69, 9.17) is 0 Å². The van der Waals surface area contributed by atoms with Gasteiger partial charge in [-0.2, -0.15) is 0 Å². The lowest BCUT2D eigenvalue weighted by molar-refractivity contribution is -0.380. The molecule has 7 nitrogen and oxygen atoms in total. The number of thiazole rings is 1. The fourth-order valence-corrected chi connectivity index (χ4v) is 1.30. The lowest BCUT2D eigenvalue weighted by Gasteiger charge is -1.99. The van der Waals surface area contributed by atoms with E-state index in [0.717, 1.165) is 17.5 Å². The summed E-state index contributed by atoms with van der Waals surface area (Å²) in [7, 11) is 1.51. The lowest BCUT2D eigenvalue weighted by Crippen LogP contribution is -2.26. The monoisotopic (exact) mass is 216 g/mol. The molecule has 1 aromatic heterocycles. The third-order valence-electron chi connectivity index (χ3n) is 1.35. The van der Waals surface area contributed by atoms with Gasteiger partial charge in [-0.25, -0.2) is 4.98 Å². The van der Waals surface area contributed by atoms with E-state index in [1.54, 1.807) is 0 Å². The van der Waals surface area contributed by atoms with Crippen LogP contribution >= 0.6 is 11.3 Å². The molecule has 0 aromatic carbocycles. The van der Waals surface area contributed by atoms with Gasteiger partial charge in [-0.15, -0.1) is 0 Å². The maximum Gasteiger partial charge on any atom is 0.345 e. The van der Waals surface area contributed by atoms with Gasteiger partial charge in [0.25, 0.3) is 0 Å². The summed E-state index contributed by atoms with van der Waals surface area (Å²) in [5, 5.41) is 15.7. The van der Waals surface area contributed by atoms with Crippen molar-refractivity contribution in [2.45, 2.75) is 0 Å². The van der Waals surface area contributed by atoms with Gasteiger partial charge in [0.1, 0.15) is 6.20 Å². The standard InChI is InChI=1S/C6H8N4O3S/c1-7-4(11)2-8-6-9-3-5(14-6)10(12)13/h3H,2H2,1H3,(H,7,11)(H,8,9). The highest BCUT2D eigenvalue weighted by Gasteiger charge is 2.11. The second kappa shape index (κ2) is 4.51. The third kappa shape index (κ3) is 2.66. The number of carbonyl (C=O) groups is 1. The predicted molar refractivity (Wildman–Crippen MR) is 51.3 cm³/mol. The van der Waals surface area contributed by atoms with Crippen molar-refractivity contribution in [3.8, 4) is 0 Å². The first-order chi connectivity index (χ1) is 6.63. The van der Waals surface area contributed by atoms with Crippen molar-refractivity contribution in [1.82, 2.24) is 10.3 Å². The quantitative estimate of drug-likeness (QED) is 0.553.